The van der Waals surface area contributed by atoms with Crippen LogP contribution in [0.2, 0.25) is 0 Å². The van der Waals surface area contributed by atoms with Crippen molar-refractivity contribution in [2.24, 2.45) is 0 Å². The molecule has 2 amide bonds. The van der Waals surface area contributed by atoms with Crippen molar-refractivity contribution in [2.45, 2.75) is 12.7 Å². The summed E-state index contributed by atoms with van der Waals surface area (Å²) in [4.78, 5) is 28.2. The second kappa shape index (κ2) is 8.46. The van der Waals surface area contributed by atoms with Gasteiger partial charge in [-0.1, -0.05) is 12.1 Å². The number of ether oxygens (including phenoxy) is 2. The molecule has 4 rings (SSSR count). The predicted molar refractivity (Wildman–Crippen MR) is 104 cm³/mol. The van der Waals surface area contributed by atoms with E-state index >= 15 is 0 Å². The van der Waals surface area contributed by atoms with Crippen LogP contribution in [0.1, 0.15) is 11.1 Å². The van der Waals surface area contributed by atoms with E-state index in [0.29, 0.717) is 44.2 Å². The lowest BCUT2D eigenvalue weighted by Gasteiger charge is -2.34. The molecule has 2 aromatic carbocycles. The highest BCUT2D eigenvalue weighted by molar-refractivity contribution is 6.39. The average molecular weight is 435 g/mol. The van der Waals surface area contributed by atoms with Crippen molar-refractivity contribution in [3.63, 3.8) is 0 Å². The number of rotatable bonds is 3. The zero-order valence-electron chi connectivity index (χ0n) is 16.4. The lowest BCUT2D eigenvalue weighted by atomic mass is 10.1. The molecule has 1 N–H and O–H groups in total. The molecule has 0 aliphatic carbocycles. The first kappa shape index (κ1) is 21.0. The van der Waals surface area contributed by atoms with Crippen LogP contribution in [-0.4, -0.2) is 54.6 Å². The fraction of sp³-hybridized carbons (Fsp3) is 0.333. The summed E-state index contributed by atoms with van der Waals surface area (Å²) in [5.74, 6) is -0.299. The van der Waals surface area contributed by atoms with Gasteiger partial charge in [-0.25, -0.2) is 0 Å². The first-order valence-corrected chi connectivity index (χ1v) is 9.68. The Morgan fingerprint density at radius 3 is 2.45 bits per heavy atom. The number of anilines is 1. The molecule has 0 atom stereocenters. The molecule has 2 aliphatic rings. The number of halogens is 3. The van der Waals surface area contributed by atoms with Crippen molar-refractivity contribution in [2.75, 3.05) is 38.3 Å². The third-order valence-electron chi connectivity index (χ3n) is 5.14. The lowest BCUT2D eigenvalue weighted by Crippen LogP contribution is -2.51. The highest BCUT2D eigenvalue weighted by atomic mass is 19.4. The third kappa shape index (κ3) is 4.91. The molecule has 2 heterocycles. The zero-order valence-corrected chi connectivity index (χ0v) is 16.4. The van der Waals surface area contributed by atoms with Gasteiger partial charge in [0, 0.05) is 38.4 Å². The Labute approximate surface area is 176 Å². The maximum absolute atomic E-state index is 12.8. The van der Waals surface area contributed by atoms with Crippen LogP contribution in [-0.2, 0) is 22.3 Å². The number of piperazine rings is 1. The van der Waals surface area contributed by atoms with Crippen LogP contribution in [0.4, 0.5) is 18.9 Å². The zero-order chi connectivity index (χ0) is 22.0. The number of alkyl halides is 3. The Balaban J connectivity index is 1.29. The number of hydrogen-bond donors (Lipinski definition) is 1. The topological polar surface area (TPSA) is 71.1 Å². The molecule has 0 saturated carbocycles. The van der Waals surface area contributed by atoms with Gasteiger partial charge in [0.1, 0.15) is 0 Å². The molecular formula is C21H20F3N3O4. The van der Waals surface area contributed by atoms with E-state index in [9.17, 15) is 22.8 Å². The van der Waals surface area contributed by atoms with Gasteiger partial charge in [0.25, 0.3) is 0 Å². The van der Waals surface area contributed by atoms with Crippen LogP contribution >= 0.6 is 0 Å². The molecule has 0 radical (unpaired) electrons. The fourth-order valence-electron chi connectivity index (χ4n) is 3.51. The van der Waals surface area contributed by atoms with Gasteiger partial charge in [-0.15, -0.1) is 0 Å². The SMILES string of the molecule is O=C(Nc1cccc(C(F)(F)F)c1)C(=O)N1CCN(Cc2ccc3c(c2)OCO3)CC1. The monoisotopic (exact) mass is 435 g/mol. The fourth-order valence-corrected chi connectivity index (χ4v) is 3.51. The Morgan fingerprint density at radius 2 is 1.71 bits per heavy atom. The number of nitrogens with one attached hydrogen (secondary N) is 1. The summed E-state index contributed by atoms with van der Waals surface area (Å²) in [5.41, 5.74) is 0.0795. The van der Waals surface area contributed by atoms with Crippen molar-refractivity contribution in [3.8, 4) is 11.5 Å². The maximum Gasteiger partial charge on any atom is 0.416 e. The number of carbonyl (C=O) groups excluding carboxylic acids is 2. The van der Waals surface area contributed by atoms with E-state index < -0.39 is 23.6 Å². The van der Waals surface area contributed by atoms with E-state index in [4.69, 9.17) is 9.47 Å². The minimum absolute atomic E-state index is 0.0744. The third-order valence-corrected chi connectivity index (χ3v) is 5.14. The predicted octanol–water partition coefficient (Wildman–Crippen LogP) is 2.72. The molecule has 0 spiro atoms. The van der Waals surface area contributed by atoms with Crippen LogP contribution < -0.4 is 14.8 Å². The largest absolute Gasteiger partial charge is 0.454 e. The smallest absolute Gasteiger partial charge is 0.416 e. The van der Waals surface area contributed by atoms with Gasteiger partial charge in [0.05, 0.1) is 5.56 Å². The first-order valence-electron chi connectivity index (χ1n) is 9.68. The average Bonchev–Trinajstić information content (AvgIpc) is 3.21. The number of amides is 2. The molecule has 1 saturated heterocycles. The molecule has 0 unspecified atom stereocenters. The Kier molecular flexibility index (Phi) is 5.73. The molecule has 1 fully saturated rings. The molecule has 2 aromatic rings. The van der Waals surface area contributed by atoms with E-state index in [1.54, 1.807) is 0 Å². The Bertz CT molecular complexity index is 988. The van der Waals surface area contributed by atoms with E-state index in [0.717, 1.165) is 17.7 Å². The minimum Gasteiger partial charge on any atom is -0.454 e. The Hall–Kier alpha value is -3.27. The highest BCUT2D eigenvalue weighted by Gasteiger charge is 2.31. The van der Waals surface area contributed by atoms with Gasteiger partial charge < -0.3 is 19.7 Å². The van der Waals surface area contributed by atoms with Crippen LogP contribution in [0.3, 0.4) is 0 Å². The van der Waals surface area contributed by atoms with Crippen LogP contribution in [0.25, 0.3) is 0 Å². The van der Waals surface area contributed by atoms with E-state index in [2.05, 4.69) is 10.2 Å². The molecule has 0 aromatic heterocycles. The second-order valence-electron chi connectivity index (χ2n) is 7.29. The molecule has 164 valence electrons. The standard InChI is InChI=1S/C21H20F3N3O4/c22-21(23,24)15-2-1-3-16(11-15)25-19(28)20(29)27-8-6-26(7-9-27)12-14-4-5-17-18(10-14)31-13-30-17/h1-5,10-11H,6-9,12-13H2,(H,25,28). The normalized spacial score (nSPS) is 16.3. The van der Waals surface area contributed by atoms with Crippen molar-refractivity contribution in [1.29, 1.82) is 0 Å². The summed E-state index contributed by atoms with van der Waals surface area (Å²) in [5, 5.41) is 2.26. The van der Waals surface area contributed by atoms with Gasteiger partial charge in [0.15, 0.2) is 11.5 Å². The molecule has 2 aliphatic heterocycles. The van der Waals surface area contributed by atoms with Crippen LogP contribution in [0, 0.1) is 0 Å². The summed E-state index contributed by atoms with van der Waals surface area (Å²) in [6.07, 6.45) is -4.53. The molecule has 0 bridgehead atoms. The molecule has 31 heavy (non-hydrogen) atoms. The van der Waals surface area contributed by atoms with Gasteiger partial charge in [-0.3, -0.25) is 14.5 Å². The summed E-state index contributed by atoms with van der Waals surface area (Å²) in [7, 11) is 0. The summed E-state index contributed by atoms with van der Waals surface area (Å²) in [6.45, 7) is 2.70. The highest BCUT2D eigenvalue weighted by Crippen LogP contribution is 2.33. The molecule has 7 nitrogen and oxygen atoms in total. The van der Waals surface area contributed by atoms with E-state index in [-0.39, 0.29) is 12.5 Å². The first-order chi connectivity index (χ1) is 14.8. The summed E-state index contributed by atoms with van der Waals surface area (Å²) < 4.78 is 49.1. The maximum atomic E-state index is 12.8. The van der Waals surface area contributed by atoms with Crippen molar-refractivity contribution >= 4 is 17.5 Å². The van der Waals surface area contributed by atoms with Gasteiger partial charge in [0.2, 0.25) is 6.79 Å². The van der Waals surface area contributed by atoms with Gasteiger partial charge in [-0.2, -0.15) is 13.2 Å². The van der Waals surface area contributed by atoms with E-state index in [1.165, 1.54) is 17.0 Å². The summed E-state index contributed by atoms with van der Waals surface area (Å²) >= 11 is 0. The van der Waals surface area contributed by atoms with Crippen LogP contribution in [0.15, 0.2) is 42.5 Å². The van der Waals surface area contributed by atoms with Crippen LogP contribution in [0.5, 0.6) is 11.5 Å². The number of carbonyl (C=O) groups is 2. The molecule has 10 heteroatoms. The van der Waals surface area contributed by atoms with E-state index in [1.807, 2.05) is 18.2 Å². The summed E-state index contributed by atoms with van der Waals surface area (Å²) in [6, 6.07) is 9.92. The van der Waals surface area contributed by atoms with Crippen molar-refractivity contribution in [1.82, 2.24) is 9.80 Å². The number of hydrogen-bond acceptors (Lipinski definition) is 5. The number of benzene rings is 2. The minimum atomic E-state index is -4.53. The lowest BCUT2D eigenvalue weighted by molar-refractivity contribution is -0.144. The van der Waals surface area contributed by atoms with Gasteiger partial charge in [-0.05, 0) is 35.9 Å². The molecular weight excluding hydrogens is 415 g/mol. The van der Waals surface area contributed by atoms with Crippen molar-refractivity contribution in [3.05, 3.63) is 53.6 Å². The number of nitrogens with zero attached hydrogens (tertiary/aromatic N) is 2. The van der Waals surface area contributed by atoms with Crippen molar-refractivity contribution < 1.29 is 32.2 Å². The number of fused-ring (bicyclic) bond motifs is 1. The van der Waals surface area contributed by atoms with Gasteiger partial charge >= 0.3 is 18.0 Å². The second-order valence-corrected chi connectivity index (χ2v) is 7.29. The quantitative estimate of drug-likeness (QED) is 0.751. The Morgan fingerprint density at radius 1 is 0.968 bits per heavy atom.